The van der Waals surface area contributed by atoms with Crippen LogP contribution in [0.5, 0.6) is 0 Å². The van der Waals surface area contributed by atoms with Crippen LogP contribution in [0.15, 0.2) is 30.5 Å². The summed E-state index contributed by atoms with van der Waals surface area (Å²) in [6.07, 6.45) is 7.55. The highest BCUT2D eigenvalue weighted by molar-refractivity contribution is 5.97. The predicted octanol–water partition coefficient (Wildman–Crippen LogP) is 3.64. The average Bonchev–Trinajstić information content (AvgIpc) is 3.32. The minimum Gasteiger partial charge on any atom is -0.379 e. The number of amides is 1. The van der Waals surface area contributed by atoms with Crippen molar-refractivity contribution in [3.63, 3.8) is 0 Å². The highest BCUT2D eigenvalue weighted by Crippen LogP contribution is 2.37. The molecule has 9 nitrogen and oxygen atoms in total. The molecule has 2 N–H and O–H groups in total. The van der Waals surface area contributed by atoms with E-state index in [2.05, 4.69) is 10.3 Å². The van der Waals surface area contributed by atoms with Crippen molar-refractivity contribution >= 4 is 34.2 Å². The Morgan fingerprint density at radius 2 is 1.83 bits per heavy atom. The van der Waals surface area contributed by atoms with Crippen LogP contribution < -0.4 is 5.32 Å². The molecule has 3 heterocycles. The van der Waals surface area contributed by atoms with Crippen LogP contribution in [-0.2, 0) is 35.1 Å². The lowest BCUT2D eigenvalue weighted by molar-refractivity contribution is -0.134. The molecule has 3 fully saturated rings. The second-order valence-corrected chi connectivity index (χ2v) is 12.8. The Morgan fingerprint density at radius 1 is 1.10 bits per heavy atom. The molecule has 2 aliphatic heterocycles. The zero-order valence-corrected chi connectivity index (χ0v) is 25.0. The molecule has 42 heavy (non-hydrogen) atoms. The van der Waals surface area contributed by atoms with Gasteiger partial charge in [-0.1, -0.05) is 44.7 Å². The van der Waals surface area contributed by atoms with Crippen LogP contribution in [0.1, 0.15) is 64.4 Å². The van der Waals surface area contributed by atoms with Crippen LogP contribution in [0.2, 0.25) is 0 Å². The van der Waals surface area contributed by atoms with Crippen molar-refractivity contribution < 1.29 is 28.7 Å². The van der Waals surface area contributed by atoms with Gasteiger partial charge in [0, 0.05) is 49.5 Å². The lowest BCUT2D eigenvalue weighted by atomic mass is 9.81. The first-order valence-electron chi connectivity index (χ1n) is 15.6. The van der Waals surface area contributed by atoms with Crippen molar-refractivity contribution in [1.29, 1.82) is 0 Å². The number of ether oxygens (including phenoxy) is 2. The zero-order chi connectivity index (χ0) is 29.7. The van der Waals surface area contributed by atoms with Crippen molar-refractivity contribution in [3.8, 4) is 0 Å². The number of hydrogen-bond acceptors (Lipinski definition) is 7. The Bertz CT molecular complexity index is 1270. The fraction of sp³-hybridized carbons (Fsp3) is 0.636. The standard InChI is InChI=1S/C33H45N3O6/c1-22(15-27(37)20-36-11-13-41-14-12-36)32(40)35-29(18-24-7-8-25-9-10-34-28(25)17-24)30(38)19-26(16-23-5-3-4-6-23)31(39)33(2)21-42-33/h7-10,17,22-23,26,29,34H,3-6,11-16,18-21H2,1-2H3,(H,35,40). The molecule has 1 saturated carbocycles. The fourth-order valence-corrected chi connectivity index (χ4v) is 6.52. The van der Waals surface area contributed by atoms with Crippen molar-refractivity contribution in [2.45, 2.75) is 76.9 Å². The number of aromatic nitrogens is 1. The molecule has 1 aliphatic carbocycles. The van der Waals surface area contributed by atoms with Crippen molar-refractivity contribution in [2.75, 3.05) is 39.5 Å². The van der Waals surface area contributed by atoms with E-state index < -0.39 is 23.5 Å². The van der Waals surface area contributed by atoms with Gasteiger partial charge in [0.2, 0.25) is 5.91 Å². The van der Waals surface area contributed by atoms with E-state index in [1.54, 1.807) is 6.92 Å². The molecule has 2 aromatic rings. The molecular weight excluding hydrogens is 534 g/mol. The molecule has 228 valence electrons. The number of fused-ring (bicyclic) bond motifs is 1. The zero-order valence-electron chi connectivity index (χ0n) is 25.0. The lowest BCUT2D eigenvalue weighted by Crippen LogP contribution is -2.46. The van der Waals surface area contributed by atoms with Crippen LogP contribution in [0.4, 0.5) is 0 Å². The van der Waals surface area contributed by atoms with E-state index >= 15 is 0 Å². The summed E-state index contributed by atoms with van der Waals surface area (Å²) in [4.78, 5) is 58.7. The molecule has 5 rings (SSSR count). The quantitative estimate of drug-likeness (QED) is 0.309. The third-order valence-electron chi connectivity index (χ3n) is 9.26. The topological polar surface area (TPSA) is 121 Å². The summed E-state index contributed by atoms with van der Waals surface area (Å²) in [5.41, 5.74) is 1.08. The van der Waals surface area contributed by atoms with Gasteiger partial charge >= 0.3 is 0 Å². The predicted molar refractivity (Wildman–Crippen MR) is 159 cm³/mol. The molecule has 9 heteroatoms. The first-order chi connectivity index (χ1) is 20.2. The second kappa shape index (κ2) is 13.6. The smallest absolute Gasteiger partial charge is 0.223 e. The number of Topliss-reactive ketones (excluding diaryl/α,β-unsaturated/α-hetero) is 3. The van der Waals surface area contributed by atoms with Gasteiger partial charge in [-0.25, -0.2) is 0 Å². The molecule has 0 spiro atoms. The van der Waals surface area contributed by atoms with E-state index in [0.29, 0.717) is 58.2 Å². The average molecular weight is 580 g/mol. The molecule has 1 aromatic heterocycles. The molecule has 4 unspecified atom stereocenters. The first kappa shape index (κ1) is 30.6. The van der Waals surface area contributed by atoms with Crippen LogP contribution in [0.25, 0.3) is 10.9 Å². The number of aromatic amines is 1. The van der Waals surface area contributed by atoms with Gasteiger partial charge in [-0.2, -0.15) is 0 Å². The van der Waals surface area contributed by atoms with E-state index in [4.69, 9.17) is 9.47 Å². The maximum atomic E-state index is 13.9. The number of ketones is 3. The molecule has 1 amide bonds. The van der Waals surface area contributed by atoms with E-state index in [9.17, 15) is 19.2 Å². The molecular formula is C33H45N3O6. The Labute approximate surface area is 248 Å². The number of carbonyl (C=O) groups excluding carboxylic acids is 4. The second-order valence-electron chi connectivity index (χ2n) is 12.8. The molecule has 0 bridgehead atoms. The van der Waals surface area contributed by atoms with Crippen molar-refractivity contribution in [3.05, 3.63) is 36.0 Å². The van der Waals surface area contributed by atoms with Gasteiger partial charge in [0.25, 0.3) is 0 Å². The minimum atomic E-state index is -0.798. The lowest BCUT2D eigenvalue weighted by Gasteiger charge is -2.26. The summed E-state index contributed by atoms with van der Waals surface area (Å²) in [6.45, 7) is 6.86. The number of hydrogen-bond donors (Lipinski definition) is 2. The number of rotatable bonds is 15. The molecule has 1 aromatic carbocycles. The minimum absolute atomic E-state index is 0.000440. The Morgan fingerprint density at radius 3 is 2.55 bits per heavy atom. The number of epoxide rings is 1. The van der Waals surface area contributed by atoms with E-state index in [0.717, 1.165) is 42.1 Å². The number of carbonyl (C=O) groups is 4. The molecule has 0 radical (unpaired) electrons. The van der Waals surface area contributed by atoms with Gasteiger partial charge in [-0.05, 0) is 48.8 Å². The summed E-state index contributed by atoms with van der Waals surface area (Å²) in [5.74, 6) is -1.03. The van der Waals surface area contributed by atoms with Gasteiger partial charge in [-0.15, -0.1) is 0 Å². The number of morpholine rings is 1. The number of H-pyrrole nitrogens is 1. The normalized spacial score (nSPS) is 23.4. The van der Waals surface area contributed by atoms with Crippen molar-refractivity contribution in [2.24, 2.45) is 17.8 Å². The molecule has 2 saturated heterocycles. The Balaban J connectivity index is 1.28. The number of nitrogens with zero attached hydrogens (tertiary/aromatic N) is 1. The van der Waals surface area contributed by atoms with Gasteiger partial charge in [0.1, 0.15) is 11.4 Å². The van der Waals surface area contributed by atoms with Crippen LogP contribution in [-0.4, -0.2) is 84.2 Å². The van der Waals surface area contributed by atoms with Gasteiger partial charge in [0.15, 0.2) is 11.6 Å². The highest BCUT2D eigenvalue weighted by atomic mass is 16.6. The summed E-state index contributed by atoms with van der Waals surface area (Å²) >= 11 is 0. The van der Waals surface area contributed by atoms with E-state index in [1.165, 1.54) is 0 Å². The van der Waals surface area contributed by atoms with Crippen molar-refractivity contribution in [1.82, 2.24) is 15.2 Å². The SMILES string of the molecule is CC(CC(=O)CN1CCOCC1)C(=O)NC(Cc1ccc2cc[nH]c2c1)C(=O)CC(CC1CCCC1)C(=O)C1(C)CO1. The summed E-state index contributed by atoms with van der Waals surface area (Å²) < 4.78 is 10.8. The summed E-state index contributed by atoms with van der Waals surface area (Å²) in [5, 5.41) is 4.05. The van der Waals surface area contributed by atoms with E-state index in [1.807, 2.05) is 42.3 Å². The van der Waals surface area contributed by atoms with Crippen LogP contribution in [0, 0.1) is 17.8 Å². The third-order valence-corrected chi connectivity index (χ3v) is 9.26. The number of benzene rings is 1. The first-order valence-corrected chi connectivity index (χ1v) is 15.6. The summed E-state index contributed by atoms with van der Waals surface area (Å²) in [7, 11) is 0. The Kier molecular flexibility index (Phi) is 9.91. The van der Waals surface area contributed by atoms with Crippen LogP contribution >= 0.6 is 0 Å². The van der Waals surface area contributed by atoms with Gasteiger partial charge in [0.05, 0.1) is 32.4 Å². The van der Waals surface area contributed by atoms with Gasteiger partial charge in [-0.3, -0.25) is 24.1 Å². The van der Waals surface area contributed by atoms with Gasteiger partial charge < -0.3 is 19.8 Å². The monoisotopic (exact) mass is 579 g/mol. The maximum absolute atomic E-state index is 13.9. The maximum Gasteiger partial charge on any atom is 0.223 e. The fourth-order valence-electron chi connectivity index (χ4n) is 6.52. The third kappa shape index (κ3) is 7.94. The van der Waals surface area contributed by atoms with Crippen LogP contribution in [0.3, 0.4) is 0 Å². The highest BCUT2D eigenvalue weighted by Gasteiger charge is 2.50. The Hall–Kier alpha value is -2.88. The molecule has 3 aliphatic rings. The summed E-state index contributed by atoms with van der Waals surface area (Å²) in [6, 6.07) is 7.15. The number of nitrogens with one attached hydrogen (secondary N) is 2. The molecule has 4 atom stereocenters. The largest absolute Gasteiger partial charge is 0.379 e. The van der Waals surface area contributed by atoms with E-state index in [-0.39, 0.29) is 36.1 Å².